The molecule has 3 fully saturated rings. The number of likely N-dealkylation sites (tertiary alicyclic amines) is 1. The number of aryl methyl sites for hydroxylation is 1. The standard InChI is InChI=1S/C37H42F2N6O3/c1-3-26-28(38)8-7-24-17-25(46)18-27(30(24)26)34-32(39)33-31(29-9-12-40-45(29)34)35(44-15-16-47-20-23(2)19-44)42-36(41-33)48-22-37(10-11-37)21-43-13-5-4-6-14-43/h7-9,12,17-18,23,46H,3-6,10-11,13-16,19-22H2,1-2H3. The van der Waals surface area contributed by atoms with E-state index < -0.39 is 5.82 Å². The maximum atomic E-state index is 17.4. The van der Waals surface area contributed by atoms with Crippen molar-refractivity contribution in [3.63, 3.8) is 0 Å². The highest BCUT2D eigenvalue weighted by Gasteiger charge is 2.45. The van der Waals surface area contributed by atoms with Crippen molar-refractivity contribution in [2.24, 2.45) is 11.3 Å². The Morgan fingerprint density at radius 2 is 1.88 bits per heavy atom. The zero-order valence-corrected chi connectivity index (χ0v) is 27.6. The zero-order chi connectivity index (χ0) is 33.0. The molecule has 252 valence electrons. The van der Waals surface area contributed by atoms with Gasteiger partial charge in [-0.15, -0.1) is 0 Å². The molecule has 1 atom stereocenters. The molecule has 1 saturated carbocycles. The summed E-state index contributed by atoms with van der Waals surface area (Å²) in [6, 6.07) is 8.01. The number of piperidine rings is 1. The van der Waals surface area contributed by atoms with Gasteiger partial charge in [-0.25, -0.2) is 13.3 Å². The number of rotatable bonds is 8. The lowest BCUT2D eigenvalue weighted by Crippen LogP contribution is -2.37. The Kier molecular flexibility index (Phi) is 8.07. The number of halogens is 2. The number of nitrogens with zero attached hydrogens (tertiary/aromatic N) is 6. The van der Waals surface area contributed by atoms with Crippen LogP contribution in [0.2, 0.25) is 0 Å². The summed E-state index contributed by atoms with van der Waals surface area (Å²) < 4.78 is 46.4. The van der Waals surface area contributed by atoms with Gasteiger partial charge in [0.05, 0.1) is 36.9 Å². The predicted molar refractivity (Wildman–Crippen MR) is 182 cm³/mol. The first-order valence-electron chi connectivity index (χ1n) is 17.3. The molecule has 9 nitrogen and oxygen atoms in total. The summed E-state index contributed by atoms with van der Waals surface area (Å²) >= 11 is 0. The van der Waals surface area contributed by atoms with E-state index in [0.717, 1.165) is 32.5 Å². The van der Waals surface area contributed by atoms with Crippen LogP contribution in [0.15, 0.2) is 36.5 Å². The van der Waals surface area contributed by atoms with Gasteiger partial charge in [-0.05, 0) is 91.7 Å². The number of pyridine rings is 1. The molecule has 3 aromatic heterocycles. The molecule has 0 spiro atoms. The third-order valence-corrected chi connectivity index (χ3v) is 10.4. The molecule has 2 saturated heterocycles. The number of fused-ring (bicyclic) bond motifs is 4. The van der Waals surface area contributed by atoms with E-state index in [4.69, 9.17) is 19.4 Å². The predicted octanol–water partition coefficient (Wildman–Crippen LogP) is 6.76. The minimum atomic E-state index is -0.638. The summed E-state index contributed by atoms with van der Waals surface area (Å²) in [6.07, 6.45) is 7.93. The Labute approximate surface area is 278 Å². The van der Waals surface area contributed by atoms with Crippen molar-refractivity contribution in [3.8, 4) is 23.0 Å². The largest absolute Gasteiger partial charge is 0.508 e. The Morgan fingerprint density at radius 1 is 1.04 bits per heavy atom. The number of aromatic hydroxyl groups is 1. The van der Waals surface area contributed by atoms with Gasteiger partial charge in [0.2, 0.25) is 0 Å². The molecule has 0 radical (unpaired) electrons. The molecule has 48 heavy (non-hydrogen) atoms. The molecule has 3 aliphatic rings. The Morgan fingerprint density at radius 3 is 2.67 bits per heavy atom. The topological polar surface area (TPSA) is 88.3 Å². The molecule has 8 rings (SSSR count). The molecular formula is C37H42F2N6O3. The number of benzene rings is 2. The highest BCUT2D eigenvalue weighted by molar-refractivity contribution is 6.07. The normalized spacial score (nSPS) is 20.1. The first-order valence-corrected chi connectivity index (χ1v) is 17.3. The number of aromatic nitrogens is 4. The summed E-state index contributed by atoms with van der Waals surface area (Å²) in [5, 5.41) is 17.0. The van der Waals surface area contributed by atoms with Crippen LogP contribution in [0.4, 0.5) is 14.6 Å². The molecule has 5 aromatic rings. The molecule has 2 aromatic carbocycles. The fraction of sp³-hybridized carbons (Fsp3) is 0.486. The maximum Gasteiger partial charge on any atom is 0.319 e. The number of ether oxygens (including phenoxy) is 2. The SMILES string of the molecule is CCc1c(F)ccc2cc(O)cc(-c3c(F)c4nc(OCC5(CN6CCCCC6)CC5)nc(N5CCOCC(C)C5)c4c4ccnn34)c12. The van der Waals surface area contributed by atoms with Gasteiger partial charge in [-0.2, -0.15) is 15.1 Å². The summed E-state index contributed by atoms with van der Waals surface area (Å²) in [6.45, 7) is 10.1. The molecule has 0 bridgehead atoms. The monoisotopic (exact) mass is 656 g/mol. The van der Waals surface area contributed by atoms with E-state index in [2.05, 4.69) is 21.8 Å². The first-order chi connectivity index (χ1) is 23.3. The number of phenolic OH excluding ortho intramolecular Hbond substituents is 1. The lowest BCUT2D eigenvalue weighted by atomic mass is 9.94. The molecular weight excluding hydrogens is 614 g/mol. The van der Waals surface area contributed by atoms with Crippen molar-refractivity contribution in [2.75, 3.05) is 57.4 Å². The van der Waals surface area contributed by atoms with E-state index >= 15 is 8.78 Å². The lowest BCUT2D eigenvalue weighted by Gasteiger charge is -2.30. The highest BCUT2D eigenvalue weighted by Crippen LogP contribution is 2.47. The van der Waals surface area contributed by atoms with Gasteiger partial charge in [0.15, 0.2) is 5.82 Å². The van der Waals surface area contributed by atoms with Crippen molar-refractivity contribution < 1.29 is 23.4 Å². The quantitative estimate of drug-likeness (QED) is 0.196. The molecule has 11 heteroatoms. The Hall–Kier alpha value is -4.09. The second-order valence-corrected chi connectivity index (χ2v) is 14.1. The van der Waals surface area contributed by atoms with Gasteiger partial charge in [0.25, 0.3) is 0 Å². The second-order valence-electron chi connectivity index (χ2n) is 14.1. The third-order valence-electron chi connectivity index (χ3n) is 10.4. The van der Waals surface area contributed by atoms with Crippen molar-refractivity contribution >= 4 is 33.0 Å². The van der Waals surface area contributed by atoms with Crippen LogP contribution in [-0.2, 0) is 11.2 Å². The molecule has 5 heterocycles. The van der Waals surface area contributed by atoms with Crippen LogP contribution in [0.3, 0.4) is 0 Å². The first kappa shape index (κ1) is 31.2. The molecule has 1 aliphatic carbocycles. The fourth-order valence-electron chi connectivity index (χ4n) is 7.76. The van der Waals surface area contributed by atoms with E-state index in [1.165, 1.54) is 35.9 Å². The molecule has 1 unspecified atom stereocenters. The van der Waals surface area contributed by atoms with Crippen LogP contribution in [0.25, 0.3) is 38.4 Å². The maximum absolute atomic E-state index is 17.4. The van der Waals surface area contributed by atoms with Crippen molar-refractivity contribution in [1.29, 1.82) is 0 Å². The Bertz CT molecular complexity index is 2010. The number of anilines is 1. The smallest absolute Gasteiger partial charge is 0.319 e. The lowest BCUT2D eigenvalue weighted by molar-refractivity contribution is 0.129. The average molecular weight is 657 g/mol. The van der Waals surface area contributed by atoms with Gasteiger partial charge in [0, 0.05) is 30.6 Å². The summed E-state index contributed by atoms with van der Waals surface area (Å²) in [5.74, 6) is -0.273. The molecule has 2 aliphatic heterocycles. The van der Waals surface area contributed by atoms with E-state index in [1.807, 2.05) is 13.0 Å². The van der Waals surface area contributed by atoms with Crippen molar-refractivity contribution in [1.82, 2.24) is 24.5 Å². The van der Waals surface area contributed by atoms with Gasteiger partial charge < -0.3 is 24.4 Å². The average Bonchev–Trinajstić information content (AvgIpc) is 3.75. The Balaban J connectivity index is 1.31. The highest BCUT2D eigenvalue weighted by atomic mass is 19.1. The van der Waals surface area contributed by atoms with E-state index in [1.54, 1.807) is 18.3 Å². The van der Waals surface area contributed by atoms with Gasteiger partial charge in [-0.1, -0.05) is 26.3 Å². The van der Waals surface area contributed by atoms with Crippen LogP contribution in [0, 0.1) is 23.0 Å². The summed E-state index contributed by atoms with van der Waals surface area (Å²) in [4.78, 5) is 14.4. The summed E-state index contributed by atoms with van der Waals surface area (Å²) in [5.41, 5.74) is 1.64. The summed E-state index contributed by atoms with van der Waals surface area (Å²) in [7, 11) is 0. The molecule has 1 N–H and O–H groups in total. The van der Waals surface area contributed by atoms with Gasteiger partial charge in [0.1, 0.15) is 28.6 Å². The van der Waals surface area contributed by atoms with Gasteiger partial charge >= 0.3 is 6.01 Å². The van der Waals surface area contributed by atoms with Crippen molar-refractivity contribution in [2.45, 2.75) is 52.4 Å². The van der Waals surface area contributed by atoms with Crippen LogP contribution in [0.5, 0.6) is 11.8 Å². The van der Waals surface area contributed by atoms with Crippen molar-refractivity contribution in [3.05, 3.63) is 53.7 Å². The van der Waals surface area contributed by atoms with Crippen LogP contribution >= 0.6 is 0 Å². The van der Waals surface area contributed by atoms with E-state index in [9.17, 15) is 5.11 Å². The number of hydrogen-bond donors (Lipinski definition) is 1. The number of phenols is 1. The van der Waals surface area contributed by atoms with E-state index in [0.29, 0.717) is 78.0 Å². The minimum Gasteiger partial charge on any atom is -0.508 e. The van der Waals surface area contributed by atoms with Crippen LogP contribution < -0.4 is 9.64 Å². The molecule has 0 amide bonds. The second kappa shape index (κ2) is 12.4. The number of hydrogen-bond acceptors (Lipinski definition) is 8. The minimum absolute atomic E-state index is 0.0552. The fourth-order valence-corrected chi connectivity index (χ4v) is 7.76. The van der Waals surface area contributed by atoms with Crippen LogP contribution in [0.1, 0.15) is 51.5 Å². The van der Waals surface area contributed by atoms with Crippen LogP contribution in [-0.4, -0.2) is 82.1 Å². The zero-order valence-electron chi connectivity index (χ0n) is 27.6. The van der Waals surface area contributed by atoms with Gasteiger partial charge in [-0.3, -0.25) is 0 Å². The van der Waals surface area contributed by atoms with E-state index in [-0.39, 0.29) is 40.1 Å². The third kappa shape index (κ3) is 5.60.